The maximum Gasteiger partial charge on any atom is 0.416 e. The summed E-state index contributed by atoms with van der Waals surface area (Å²) in [6, 6.07) is 15.6. The van der Waals surface area contributed by atoms with E-state index in [-0.39, 0.29) is 5.69 Å². The van der Waals surface area contributed by atoms with E-state index in [2.05, 4.69) is 25.6 Å². The predicted octanol–water partition coefficient (Wildman–Crippen LogP) is 6.56. The van der Waals surface area contributed by atoms with Crippen LogP contribution in [-0.2, 0) is 12.6 Å². The predicted molar refractivity (Wildman–Crippen MR) is 125 cm³/mol. The van der Waals surface area contributed by atoms with Gasteiger partial charge >= 0.3 is 12.2 Å². The first-order chi connectivity index (χ1) is 16.8. The number of benzene rings is 2. The number of hydrogen-bond acceptors (Lipinski definition) is 5. The highest BCUT2D eigenvalue weighted by molar-refractivity contribution is 5.99. The van der Waals surface area contributed by atoms with Crippen LogP contribution in [0.3, 0.4) is 0 Å². The molecule has 0 aliphatic rings. The van der Waals surface area contributed by atoms with Crippen LogP contribution in [0.25, 0.3) is 11.3 Å². The van der Waals surface area contributed by atoms with Gasteiger partial charge in [0.2, 0.25) is 5.88 Å². The highest BCUT2D eigenvalue weighted by atomic mass is 19.4. The van der Waals surface area contributed by atoms with Gasteiger partial charge in [-0.1, -0.05) is 6.92 Å². The molecule has 0 spiro atoms. The standard InChI is InChI=1S/C25H20F3N5O2/c1-2-22-29-15-13-21(33-22)20-4-3-14-30-23(20)35-19-11-9-18(10-12-19)32-24(34)31-17-7-5-16(6-8-17)25(26,27)28/h3-15H,2H2,1H3,(H2,31,32,34). The fourth-order valence-electron chi connectivity index (χ4n) is 3.14. The molecule has 4 rings (SSSR count). The second-order valence-electron chi connectivity index (χ2n) is 7.35. The summed E-state index contributed by atoms with van der Waals surface area (Å²) in [5.41, 5.74) is 1.31. The maximum absolute atomic E-state index is 12.7. The molecule has 0 bridgehead atoms. The second kappa shape index (κ2) is 10.2. The van der Waals surface area contributed by atoms with Crippen LogP contribution in [0.1, 0.15) is 18.3 Å². The molecule has 0 aliphatic carbocycles. The van der Waals surface area contributed by atoms with Gasteiger partial charge in [0.1, 0.15) is 11.6 Å². The summed E-state index contributed by atoms with van der Waals surface area (Å²) >= 11 is 0. The molecule has 2 aromatic carbocycles. The van der Waals surface area contributed by atoms with E-state index in [9.17, 15) is 18.0 Å². The number of aryl methyl sites for hydroxylation is 1. The van der Waals surface area contributed by atoms with Gasteiger partial charge in [0.15, 0.2) is 0 Å². The van der Waals surface area contributed by atoms with Crippen LogP contribution in [0.2, 0.25) is 0 Å². The van der Waals surface area contributed by atoms with Gasteiger partial charge in [-0.2, -0.15) is 13.2 Å². The van der Waals surface area contributed by atoms with E-state index in [1.807, 2.05) is 13.0 Å². The van der Waals surface area contributed by atoms with Crippen LogP contribution in [0, 0.1) is 0 Å². The summed E-state index contributed by atoms with van der Waals surface area (Å²) in [6.45, 7) is 1.97. The molecule has 2 aromatic heterocycles. The average molecular weight is 479 g/mol. The summed E-state index contributed by atoms with van der Waals surface area (Å²) < 4.78 is 43.9. The monoisotopic (exact) mass is 479 g/mol. The van der Waals surface area contributed by atoms with Crippen molar-refractivity contribution in [2.45, 2.75) is 19.5 Å². The first-order valence-electron chi connectivity index (χ1n) is 10.6. The molecular formula is C25H20F3N5O2. The molecule has 2 heterocycles. The minimum Gasteiger partial charge on any atom is -0.438 e. The summed E-state index contributed by atoms with van der Waals surface area (Å²) in [4.78, 5) is 25.2. The van der Waals surface area contributed by atoms with Crippen molar-refractivity contribution in [3.05, 3.63) is 90.5 Å². The molecule has 10 heteroatoms. The van der Waals surface area contributed by atoms with Crippen molar-refractivity contribution in [3.8, 4) is 22.9 Å². The zero-order chi connectivity index (χ0) is 24.8. The number of alkyl halides is 3. The molecule has 0 aliphatic heterocycles. The Morgan fingerprint density at radius 2 is 1.54 bits per heavy atom. The average Bonchev–Trinajstić information content (AvgIpc) is 2.85. The normalized spacial score (nSPS) is 11.1. The number of urea groups is 1. The Bertz CT molecular complexity index is 1310. The van der Waals surface area contributed by atoms with Gasteiger partial charge in [0.05, 0.1) is 16.8 Å². The lowest BCUT2D eigenvalue weighted by Gasteiger charge is -2.12. The van der Waals surface area contributed by atoms with Crippen molar-refractivity contribution in [1.29, 1.82) is 0 Å². The van der Waals surface area contributed by atoms with Crippen molar-refractivity contribution in [2.24, 2.45) is 0 Å². The lowest BCUT2D eigenvalue weighted by molar-refractivity contribution is -0.137. The highest BCUT2D eigenvalue weighted by Crippen LogP contribution is 2.31. The van der Waals surface area contributed by atoms with E-state index in [0.717, 1.165) is 12.1 Å². The minimum absolute atomic E-state index is 0.231. The molecule has 35 heavy (non-hydrogen) atoms. The van der Waals surface area contributed by atoms with Crippen LogP contribution < -0.4 is 15.4 Å². The van der Waals surface area contributed by atoms with Gasteiger partial charge in [-0.15, -0.1) is 0 Å². The Kier molecular flexibility index (Phi) is 6.91. The Hall–Kier alpha value is -4.47. The van der Waals surface area contributed by atoms with Gasteiger partial charge in [0, 0.05) is 30.2 Å². The smallest absolute Gasteiger partial charge is 0.416 e. The molecule has 0 unspecified atom stereocenters. The van der Waals surface area contributed by atoms with Crippen molar-refractivity contribution < 1.29 is 22.7 Å². The number of nitrogens with one attached hydrogen (secondary N) is 2. The molecule has 0 fully saturated rings. The van der Waals surface area contributed by atoms with Gasteiger partial charge in [-0.25, -0.2) is 19.7 Å². The number of hydrogen-bond donors (Lipinski definition) is 2. The summed E-state index contributed by atoms with van der Waals surface area (Å²) in [6.07, 6.45) is -0.435. The molecule has 7 nitrogen and oxygen atoms in total. The fraction of sp³-hybridized carbons (Fsp3) is 0.120. The Balaban J connectivity index is 1.40. The highest BCUT2D eigenvalue weighted by Gasteiger charge is 2.30. The minimum atomic E-state index is -4.44. The lowest BCUT2D eigenvalue weighted by Crippen LogP contribution is -2.19. The molecule has 0 saturated heterocycles. The lowest BCUT2D eigenvalue weighted by atomic mass is 10.2. The van der Waals surface area contributed by atoms with Gasteiger partial charge in [-0.05, 0) is 66.7 Å². The van der Waals surface area contributed by atoms with Crippen molar-refractivity contribution in [1.82, 2.24) is 15.0 Å². The van der Waals surface area contributed by atoms with Crippen LogP contribution in [-0.4, -0.2) is 21.0 Å². The number of amides is 2. The molecule has 178 valence electrons. The van der Waals surface area contributed by atoms with E-state index in [1.165, 1.54) is 12.1 Å². The number of ether oxygens (including phenoxy) is 1. The van der Waals surface area contributed by atoms with Crippen LogP contribution in [0.5, 0.6) is 11.6 Å². The molecule has 0 saturated carbocycles. The van der Waals surface area contributed by atoms with Crippen molar-refractivity contribution in [2.75, 3.05) is 10.6 Å². The van der Waals surface area contributed by atoms with Gasteiger partial charge in [-0.3, -0.25) is 0 Å². The maximum atomic E-state index is 12.7. The summed E-state index contributed by atoms with van der Waals surface area (Å²) in [5, 5.41) is 5.10. The second-order valence-corrected chi connectivity index (χ2v) is 7.35. The first kappa shape index (κ1) is 23.7. The number of pyridine rings is 1. The third kappa shape index (κ3) is 6.11. The van der Waals surface area contributed by atoms with E-state index in [0.29, 0.717) is 40.8 Å². The third-order valence-electron chi connectivity index (χ3n) is 4.87. The van der Waals surface area contributed by atoms with E-state index in [4.69, 9.17) is 4.74 Å². The Morgan fingerprint density at radius 3 is 2.17 bits per heavy atom. The van der Waals surface area contributed by atoms with Gasteiger partial charge in [0.25, 0.3) is 0 Å². The molecular weight excluding hydrogens is 459 g/mol. The zero-order valence-electron chi connectivity index (χ0n) is 18.5. The van der Waals surface area contributed by atoms with E-state index >= 15 is 0 Å². The number of halogens is 3. The first-order valence-corrected chi connectivity index (χ1v) is 10.6. The molecule has 4 aromatic rings. The van der Waals surface area contributed by atoms with Crippen LogP contribution in [0.4, 0.5) is 29.3 Å². The number of carbonyl (C=O) groups is 1. The number of anilines is 2. The summed E-state index contributed by atoms with van der Waals surface area (Å²) in [5.74, 6) is 1.57. The number of aromatic nitrogens is 3. The SMILES string of the molecule is CCc1nccc(-c2cccnc2Oc2ccc(NC(=O)Nc3ccc(C(F)(F)F)cc3)cc2)n1. The Labute approximate surface area is 199 Å². The third-order valence-corrected chi connectivity index (χ3v) is 4.87. The summed E-state index contributed by atoms with van der Waals surface area (Å²) in [7, 11) is 0. The molecule has 0 atom stereocenters. The van der Waals surface area contributed by atoms with Crippen molar-refractivity contribution in [3.63, 3.8) is 0 Å². The number of carbonyl (C=O) groups excluding carboxylic acids is 1. The quantitative estimate of drug-likeness (QED) is 0.327. The van der Waals surface area contributed by atoms with E-state index in [1.54, 1.807) is 48.8 Å². The number of rotatable bonds is 6. The molecule has 0 radical (unpaired) electrons. The van der Waals surface area contributed by atoms with Gasteiger partial charge < -0.3 is 15.4 Å². The van der Waals surface area contributed by atoms with Crippen LogP contribution in [0.15, 0.2) is 79.1 Å². The van der Waals surface area contributed by atoms with Crippen molar-refractivity contribution >= 4 is 17.4 Å². The topological polar surface area (TPSA) is 89.0 Å². The van der Waals surface area contributed by atoms with Crippen LogP contribution >= 0.6 is 0 Å². The largest absolute Gasteiger partial charge is 0.438 e. The molecule has 2 amide bonds. The van der Waals surface area contributed by atoms with E-state index < -0.39 is 17.8 Å². The molecule has 2 N–H and O–H groups in total. The fourth-order valence-corrected chi connectivity index (χ4v) is 3.14. The Morgan fingerprint density at radius 1 is 0.886 bits per heavy atom. The number of nitrogens with zero attached hydrogens (tertiary/aromatic N) is 3. The zero-order valence-corrected chi connectivity index (χ0v) is 18.5.